The molecule has 0 unspecified atom stereocenters. The average molecular weight is 441 g/mol. The van der Waals surface area contributed by atoms with Crippen LogP contribution in [0.15, 0.2) is 42.5 Å². The van der Waals surface area contributed by atoms with Crippen LogP contribution in [0.25, 0.3) is 0 Å². The van der Waals surface area contributed by atoms with E-state index in [9.17, 15) is 18.8 Å². The first kappa shape index (κ1) is 20.8. The quantitative estimate of drug-likeness (QED) is 0.787. The van der Waals surface area contributed by atoms with Crippen LogP contribution in [0.2, 0.25) is 5.02 Å². The first-order valence-electron chi connectivity index (χ1n) is 9.61. The van der Waals surface area contributed by atoms with Gasteiger partial charge in [0.1, 0.15) is 17.9 Å². The van der Waals surface area contributed by atoms with Gasteiger partial charge in [0, 0.05) is 17.5 Å². The molecule has 0 atom stereocenters. The van der Waals surface area contributed by atoms with Gasteiger partial charge in [-0.05, 0) is 48.7 Å². The van der Waals surface area contributed by atoms with Crippen LogP contribution in [-0.2, 0) is 20.9 Å². The number of halogens is 2. The molecule has 7 nitrogen and oxygen atoms in total. The number of benzene rings is 2. The fraction of sp³-hybridized carbons (Fsp3) is 0.273. The maximum atomic E-state index is 14.6. The molecule has 1 aliphatic carbocycles. The summed E-state index contributed by atoms with van der Waals surface area (Å²) < 4.78 is 14.6. The van der Waals surface area contributed by atoms with E-state index in [1.54, 1.807) is 24.3 Å². The van der Waals surface area contributed by atoms with Crippen LogP contribution >= 0.6 is 11.6 Å². The Labute approximate surface area is 182 Å². The smallest absolute Gasteiger partial charge is 0.253 e. The van der Waals surface area contributed by atoms with Gasteiger partial charge < -0.3 is 10.6 Å². The molecule has 4 rings (SSSR count). The molecule has 9 heteroatoms. The Balaban J connectivity index is 1.70. The van der Waals surface area contributed by atoms with Crippen LogP contribution in [0.1, 0.15) is 24.0 Å². The Bertz CT molecular complexity index is 1120. The Kier molecular flexibility index (Phi) is 5.15. The molecule has 3 amide bonds. The number of nitrogens with two attached hydrogens (primary N) is 1. The van der Waals surface area contributed by atoms with Crippen molar-refractivity contribution >= 4 is 35.0 Å². The zero-order valence-electron chi connectivity index (χ0n) is 16.3. The summed E-state index contributed by atoms with van der Waals surface area (Å²) >= 11 is 5.93. The van der Waals surface area contributed by atoms with Crippen molar-refractivity contribution < 1.29 is 18.8 Å². The molecule has 1 saturated carbocycles. The third-order valence-corrected chi connectivity index (χ3v) is 6.20. The molecule has 0 radical (unpaired) electrons. The number of piperazine rings is 1. The maximum Gasteiger partial charge on any atom is 0.253 e. The fourth-order valence-electron chi connectivity index (χ4n) is 4.25. The molecule has 1 heterocycles. The molecule has 2 fully saturated rings. The van der Waals surface area contributed by atoms with Gasteiger partial charge in [0.05, 0.1) is 17.3 Å². The molecule has 2 aromatic carbocycles. The van der Waals surface area contributed by atoms with Gasteiger partial charge in [-0.1, -0.05) is 23.7 Å². The number of carbonyl (C=O) groups excluding carboxylic acids is 3. The van der Waals surface area contributed by atoms with E-state index < -0.39 is 29.1 Å². The van der Waals surface area contributed by atoms with Crippen molar-refractivity contribution in [2.75, 3.05) is 11.4 Å². The van der Waals surface area contributed by atoms with Crippen LogP contribution in [0.5, 0.6) is 0 Å². The average Bonchev–Trinajstić information content (AvgIpc) is 2.70. The Morgan fingerprint density at radius 2 is 1.90 bits per heavy atom. The lowest BCUT2D eigenvalue weighted by atomic mass is 9.64. The SMILES string of the molecule is N#Cc1ccc(N2CC(=O)N(Cc3ccc(Cl)cc3)[C@]3(C[C@@H](C(N)=O)C3)C2=O)c(F)c1. The van der Waals surface area contributed by atoms with Crippen molar-refractivity contribution in [3.63, 3.8) is 0 Å². The van der Waals surface area contributed by atoms with Crippen molar-refractivity contribution in [1.29, 1.82) is 5.26 Å². The summed E-state index contributed by atoms with van der Waals surface area (Å²) in [6.45, 7) is -0.199. The van der Waals surface area contributed by atoms with Gasteiger partial charge in [-0.25, -0.2) is 4.39 Å². The summed E-state index contributed by atoms with van der Waals surface area (Å²) in [5, 5.41) is 9.49. The zero-order valence-corrected chi connectivity index (χ0v) is 17.1. The van der Waals surface area contributed by atoms with E-state index >= 15 is 0 Å². The second kappa shape index (κ2) is 7.67. The Morgan fingerprint density at radius 3 is 2.48 bits per heavy atom. The normalized spacial score (nSPS) is 22.9. The number of amides is 3. The van der Waals surface area contributed by atoms with Gasteiger partial charge in [0.15, 0.2) is 0 Å². The first-order chi connectivity index (χ1) is 14.7. The molecule has 0 aromatic heterocycles. The molecule has 2 aliphatic rings. The summed E-state index contributed by atoms with van der Waals surface area (Å²) in [5.41, 5.74) is 4.92. The summed E-state index contributed by atoms with van der Waals surface area (Å²) in [6.07, 6.45) is 0.157. The summed E-state index contributed by atoms with van der Waals surface area (Å²) in [7, 11) is 0. The minimum atomic E-state index is -1.28. The van der Waals surface area contributed by atoms with Crippen LogP contribution in [-0.4, -0.2) is 34.7 Å². The lowest BCUT2D eigenvalue weighted by Crippen LogP contribution is -2.73. The molecule has 31 heavy (non-hydrogen) atoms. The predicted octanol–water partition coefficient (Wildman–Crippen LogP) is 2.36. The summed E-state index contributed by atoms with van der Waals surface area (Å²) in [5.74, 6) is -2.70. The monoisotopic (exact) mass is 440 g/mol. The van der Waals surface area contributed by atoms with Gasteiger partial charge in [0.25, 0.3) is 5.91 Å². The summed E-state index contributed by atoms with van der Waals surface area (Å²) in [6, 6.07) is 12.4. The van der Waals surface area contributed by atoms with E-state index in [2.05, 4.69) is 0 Å². The van der Waals surface area contributed by atoms with E-state index in [1.807, 2.05) is 6.07 Å². The number of primary amides is 1. The lowest BCUT2D eigenvalue weighted by molar-refractivity contribution is -0.164. The lowest BCUT2D eigenvalue weighted by Gasteiger charge is -2.56. The minimum Gasteiger partial charge on any atom is -0.369 e. The van der Waals surface area contributed by atoms with Crippen molar-refractivity contribution in [3.05, 3.63) is 64.4 Å². The largest absolute Gasteiger partial charge is 0.369 e. The van der Waals surface area contributed by atoms with Crippen LogP contribution in [0.4, 0.5) is 10.1 Å². The molecule has 1 spiro atoms. The van der Waals surface area contributed by atoms with Crippen LogP contribution in [0.3, 0.4) is 0 Å². The number of hydrogen-bond acceptors (Lipinski definition) is 4. The molecule has 2 aromatic rings. The number of nitriles is 1. The van der Waals surface area contributed by atoms with Crippen LogP contribution in [0, 0.1) is 23.1 Å². The molecule has 1 aliphatic heterocycles. The highest BCUT2D eigenvalue weighted by Crippen LogP contribution is 2.47. The first-order valence-corrected chi connectivity index (χ1v) is 9.99. The van der Waals surface area contributed by atoms with Crippen molar-refractivity contribution in [1.82, 2.24) is 4.90 Å². The summed E-state index contributed by atoms with van der Waals surface area (Å²) in [4.78, 5) is 40.9. The van der Waals surface area contributed by atoms with Gasteiger partial charge in [-0.15, -0.1) is 0 Å². The van der Waals surface area contributed by atoms with E-state index in [0.717, 1.165) is 16.5 Å². The molecule has 0 bridgehead atoms. The minimum absolute atomic E-state index is 0.0783. The molecule has 2 N–H and O–H groups in total. The highest BCUT2D eigenvalue weighted by molar-refractivity contribution is 6.30. The number of rotatable bonds is 4. The third-order valence-electron chi connectivity index (χ3n) is 5.95. The van der Waals surface area contributed by atoms with Gasteiger partial charge in [-0.3, -0.25) is 19.3 Å². The molecular formula is C22H18ClFN4O3. The van der Waals surface area contributed by atoms with E-state index in [0.29, 0.717) is 5.02 Å². The van der Waals surface area contributed by atoms with Crippen molar-refractivity contribution in [2.45, 2.75) is 24.9 Å². The zero-order chi connectivity index (χ0) is 22.3. The highest BCUT2D eigenvalue weighted by Gasteiger charge is 2.61. The van der Waals surface area contributed by atoms with Crippen LogP contribution < -0.4 is 10.6 Å². The van der Waals surface area contributed by atoms with E-state index in [1.165, 1.54) is 17.0 Å². The second-order valence-corrected chi connectivity index (χ2v) is 8.25. The van der Waals surface area contributed by atoms with Gasteiger partial charge >= 0.3 is 0 Å². The number of hydrogen-bond donors (Lipinski definition) is 1. The maximum absolute atomic E-state index is 14.6. The predicted molar refractivity (Wildman–Crippen MR) is 110 cm³/mol. The fourth-order valence-corrected chi connectivity index (χ4v) is 4.38. The van der Waals surface area contributed by atoms with E-state index in [-0.39, 0.29) is 43.1 Å². The number of nitrogens with zero attached hydrogens (tertiary/aromatic N) is 3. The number of carbonyl (C=O) groups is 3. The Morgan fingerprint density at radius 1 is 1.23 bits per heavy atom. The molecule has 1 saturated heterocycles. The standard InChI is InChI=1S/C22H18ClFN4O3/c23-16-4-1-13(2-5-16)11-28-19(29)12-27(18-6-3-14(10-25)7-17(18)24)21(31)22(28)8-15(9-22)20(26)30/h1-7,15H,8-9,11-12H2,(H2,26,30)/t15-,22+. The highest BCUT2D eigenvalue weighted by atomic mass is 35.5. The van der Waals surface area contributed by atoms with Gasteiger partial charge in [0.2, 0.25) is 11.8 Å². The number of anilines is 1. The molecular weight excluding hydrogens is 423 g/mol. The Hall–Kier alpha value is -3.44. The van der Waals surface area contributed by atoms with Gasteiger partial charge in [-0.2, -0.15) is 5.26 Å². The van der Waals surface area contributed by atoms with Crippen molar-refractivity contribution in [3.8, 4) is 6.07 Å². The van der Waals surface area contributed by atoms with E-state index in [4.69, 9.17) is 22.6 Å². The molecule has 158 valence electrons. The topological polar surface area (TPSA) is 108 Å². The van der Waals surface area contributed by atoms with Crippen molar-refractivity contribution in [2.24, 2.45) is 11.7 Å². The third kappa shape index (κ3) is 3.51. The second-order valence-electron chi connectivity index (χ2n) is 7.81.